The van der Waals surface area contributed by atoms with E-state index >= 15 is 4.39 Å². The van der Waals surface area contributed by atoms with E-state index in [0.29, 0.717) is 29.8 Å². The second kappa shape index (κ2) is 8.97. The molecule has 0 radical (unpaired) electrons. The number of aliphatic imine (C=N–C) groups is 1. The molecule has 1 aliphatic heterocycles. The van der Waals surface area contributed by atoms with Crippen LogP contribution in [0.2, 0.25) is 0 Å². The lowest BCUT2D eigenvalue weighted by Crippen LogP contribution is -2.20. The molecule has 178 valence electrons. The van der Waals surface area contributed by atoms with Crippen molar-refractivity contribution in [3.05, 3.63) is 72.7 Å². The van der Waals surface area contributed by atoms with Gasteiger partial charge < -0.3 is 25.9 Å². The van der Waals surface area contributed by atoms with Gasteiger partial charge in [0, 0.05) is 45.9 Å². The minimum Gasteiger partial charge on any atom is -0.348 e. The van der Waals surface area contributed by atoms with E-state index in [0.717, 1.165) is 46.8 Å². The first-order valence-electron chi connectivity index (χ1n) is 11.5. The summed E-state index contributed by atoms with van der Waals surface area (Å²) in [5.41, 5.74) is 4.99. The lowest BCUT2D eigenvalue weighted by molar-refractivity contribution is 0.594. The van der Waals surface area contributed by atoms with Crippen molar-refractivity contribution in [2.75, 3.05) is 17.2 Å². The molecule has 6 nitrogen and oxygen atoms in total. The van der Waals surface area contributed by atoms with Crippen molar-refractivity contribution in [1.82, 2.24) is 9.88 Å². The van der Waals surface area contributed by atoms with Crippen molar-refractivity contribution in [2.45, 2.75) is 46.6 Å². The van der Waals surface area contributed by atoms with Gasteiger partial charge in [0.2, 0.25) is 0 Å². The molecule has 0 atom stereocenters. The second-order valence-electron chi connectivity index (χ2n) is 9.92. The SMILES string of the molecule is C=CNc1c(C(C)=N)c(-c2ccc(NC(=C)NC3=CC(C(C)(C)C)=NC3)c(F)c2)cn1C1CC1. The fourth-order valence-electron chi connectivity index (χ4n) is 4.13. The van der Waals surface area contributed by atoms with E-state index < -0.39 is 5.82 Å². The topological polar surface area (TPSA) is 77.2 Å². The molecule has 1 aromatic carbocycles. The normalized spacial score (nSPS) is 15.4. The molecule has 1 aliphatic carbocycles. The van der Waals surface area contributed by atoms with Gasteiger partial charge in [-0.15, -0.1) is 0 Å². The molecule has 4 rings (SSSR count). The summed E-state index contributed by atoms with van der Waals surface area (Å²) in [6.45, 7) is 16.4. The number of nitrogens with zero attached hydrogens (tertiary/aromatic N) is 2. The van der Waals surface area contributed by atoms with E-state index in [1.54, 1.807) is 19.2 Å². The first-order chi connectivity index (χ1) is 16.1. The van der Waals surface area contributed by atoms with Crippen LogP contribution in [0.1, 0.15) is 52.1 Å². The third-order valence-corrected chi connectivity index (χ3v) is 5.96. The number of rotatable bonds is 9. The Morgan fingerprint density at radius 3 is 2.56 bits per heavy atom. The first kappa shape index (κ1) is 23.5. The molecule has 2 aromatic rings. The van der Waals surface area contributed by atoms with Crippen molar-refractivity contribution in [2.24, 2.45) is 10.4 Å². The molecule has 1 aromatic heterocycles. The number of allylic oxidation sites excluding steroid dienone is 1. The van der Waals surface area contributed by atoms with Crippen LogP contribution in [0.3, 0.4) is 0 Å². The van der Waals surface area contributed by atoms with Crippen LogP contribution in [0.5, 0.6) is 0 Å². The number of aromatic nitrogens is 1. The molecule has 0 spiro atoms. The number of halogens is 1. The van der Waals surface area contributed by atoms with E-state index in [4.69, 9.17) is 5.41 Å². The second-order valence-corrected chi connectivity index (χ2v) is 9.92. The predicted molar refractivity (Wildman–Crippen MR) is 140 cm³/mol. The van der Waals surface area contributed by atoms with E-state index in [1.807, 2.05) is 18.3 Å². The number of anilines is 2. The van der Waals surface area contributed by atoms with Gasteiger partial charge in [-0.3, -0.25) is 4.99 Å². The van der Waals surface area contributed by atoms with Gasteiger partial charge in [-0.1, -0.05) is 40.0 Å². The quantitative estimate of drug-likeness (QED) is 0.326. The fourth-order valence-corrected chi connectivity index (χ4v) is 4.13. The van der Waals surface area contributed by atoms with Gasteiger partial charge in [0.1, 0.15) is 17.5 Å². The zero-order chi connectivity index (χ0) is 24.6. The average Bonchev–Trinajstić information content (AvgIpc) is 3.35. The minimum atomic E-state index is -0.390. The molecule has 2 aliphatic rings. The molecular formula is C27H33FN6. The van der Waals surface area contributed by atoms with E-state index in [2.05, 4.69) is 59.4 Å². The highest BCUT2D eigenvalue weighted by Gasteiger charge is 2.29. The van der Waals surface area contributed by atoms with Crippen LogP contribution >= 0.6 is 0 Å². The van der Waals surface area contributed by atoms with Crippen molar-refractivity contribution < 1.29 is 4.39 Å². The monoisotopic (exact) mass is 460 g/mol. The highest BCUT2D eigenvalue weighted by molar-refractivity contribution is 6.07. The summed E-state index contributed by atoms with van der Waals surface area (Å²) in [6.07, 6.45) is 7.85. The Labute approximate surface area is 200 Å². The maximum Gasteiger partial charge on any atom is 0.147 e. The maximum absolute atomic E-state index is 15.1. The Bertz CT molecular complexity index is 1220. The van der Waals surface area contributed by atoms with Crippen LogP contribution in [0.15, 0.2) is 66.3 Å². The molecular weight excluding hydrogens is 427 g/mol. The summed E-state index contributed by atoms with van der Waals surface area (Å²) in [6, 6.07) is 5.48. The van der Waals surface area contributed by atoms with Crippen LogP contribution < -0.4 is 16.0 Å². The Morgan fingerprint density at radius 2 is 2.00 bits per heavy atom. The standard InChI is InChI=1S/C27H33FN6/c1-7-30-26-25(16(2)29)21(15-34(26)20-9-10-20)18-8-11-23(22(28)12-18)33-17(3)32-19-13-24(31-14-19)27(4,5)6/h7-8,11-13,15,20,29-30,32-33H,1,3,9-10,14H2,2,4-6H3. The van der Waals surface area contributed by atoms with Crippen LogP contribution in [0, 0.1) is 16.6 Å². The van der Waals surface area contributed by atoms with Gasteiger partial charge in [-0.2, -0.15) is 0 Å². The maximum atomic E-state index is 15.1. The number of nitrogens with one attached hydrogen (secondary N) is 4. The first-order valence-corrected chi connectivity index (χ1v) is 11.5. The summed E-state index contributed by atoms with van der Waals surface area (Å²) < 4.78 is 17.3. The fraction of sp³-hybridized carbons (Fsp3) is 0.333. The molecule has 0 bridgehead atoms. The van der Waals surface area contributed by atoms with Crippen LogP contribution in [0.25, 0.3) is 11.1 Å². The van der Waals surface area contributed by atoms with Crippen LogP contribution in [0.4, 0.5) is 15.9 Å². The summed E-state index contributed by atoms with van der Waals surface area (Å²) in [5.74, 6) is 0.928. The van der Waals surface area contributed by atoms with E-state index in [9.17, 15) is 0 Å². The zero-order valence-electron chi connectivity index (χ0n) is 20.3. The Morgan fingerprint density at radius 1 is 1.26 bits per heavy atom. The Hall–Kier alpha value is -3.61. The minimum absolute atomic E-state index is 0.0205. The largest absolute Gasteiger partial charge is 0.348 e. The Kier molecular flexibility index (Phi) is 6.21. The molecule has 0 amide bonds. The van der Waals surface area contributed by atoms with Gasteiger partial charge in [0.25, 0.3) is 0 Å². The molecule has 4 N–H and O–H groups in total. The lowest BCUT2D eigenvalue weighted by Gasteiger charge is -2.16. The lowest BCUT2D eigenvalue weighted by atomic mass is 9.90. The summed E-state index contributed by atoms with van der Waals surface area (Å²) >= 11 is 0. The smallest absolute Gasteiger partial charge is 0.147 e. The van der Waals surface area contributed by atoms with Crippen molar-refractivity contribution in [1.29, 1.82) is 5.41 Å². The highest BCUT2D eigenvalue weighted by atomic mass is 19.1. The van der Waals surface area contributed by atoms with Gasteiger partial charge in [-0.25, -0.2) is 4.39 Å². The van der Waals surface area contributed by atoms with Gasteiger partial charge in [0.05, 0.1) is 12.2 Å². The molecule has 7 heteroatoms. The number of benzene rings is 1. The molecule has 34 heavy (non-hydrogen) atoms. The van der Waals surface area contributed by atoms with Crippen molar-refractivity contribution >= 4 is 22.9 Å². The van der Waals surface area contributed by atoms with Crippen LogP contribution in [-0.2, 0) is 0 Å². The molecule has 2 heterocycles. The van der Waals surface area contributed by atoms with Gasteiger partial charge in [0.15, 0.2) is 0 Å². The summed E-state index contributed by atoms with van der Waals surface area (Å²) in [5, 5.41) is 17.7. The van der Waals surface area contributed by atoms with E-state index in [-0.39, 0.29) is 5.41 Å². The summed E-state index contributed by atoms with van der Waals surface area (Å²) in [4.78, 5) is 4.56. The molecule has 1 fully saturated rings. The van der Waals surface area contributed by atoms with Crippen LogP contribution in [-0.4, -0.2) is 22.5 Å². The summed E-state index contributed by atoms with van der Waals surface area (Å²) in [7, 11) is 0. The third kappa shape index (κ3) is 4.83. The average molecular weight is 461 g/mol. The van der Waals surface area contributed by atoms with Gasteiger partial charge in [-0.05, 0) is 49.7 Å². The van der Waals surface area contributed by atoms with Gasteiger partial charge >= 0.3 is 0 Å². The van der Waals surface area contributed by atoms with Crippen molar-refractivity contribution in [3.8, 4) is 11.1 Å². The highest BCUT2D eigenvalue weighted by Crippen LogP contribution is 2.43. The van der Waals surface area contributed by atoms with E-state index in [1.165, 1.54) is 6.07 Å². The third-order valence-electron chi connectivity index (χ3n) is 5.96. The predicted octanol–water partition coefficient (Wildman–Crippen LogP) is 6.43. The molecule has 0 saturated heterocycles. The molecule has 1 saturated carbocycles. The zero-order valence-corrected chi connectivity index (χ0v) is 20.3. The Balaban J connectivity index is 1.54. The number of hydrogen-bond donors (Lipinski definition) is 4. The molecule has 0 unspecified atom stereocenters. The number of hydrogen-bond acceptors (Lipinski definition) is 5. The van der Waals surface area contributed by atoms with Crippen molar-refractivity contribution in [3.63, 3.8) is 0 Å².